The third-order valence-corrected chi connectivity index (χ3v) is 5.89. The number of rotatable bonds is 3. The van der Waals surface area contributed by atoms with E-state index in [1.165, 1.54) is 0 Å². The first-order chi connectivity index (χ1) is 8.68. The van der Waals surface area contributed by atoms with Gasteiger partial charge >= 0.3 is 0 Å². The lowest BCUT2D eigenvalue weighted by Gasteiger charge is -2.29. The Morgan fingerprint density at radius 1 is 1.06 bits per heavy atom. The lowest BCUT2D eigenvalue weighted by atomic mass is 10.2. The van der Waals surface area contributed by atoms with Gasteiger partial charge in [0.2, 0.25) is 0 Å². The Labute approximate surface area is 108 Å². The van der Waals surface area contributed by atoms with Crippen LogP contribution in [0.5, 0.6) is 0 Å². The molecular formula is C13H18N2O2S. The summed E-state index contributed by atoms with van der Waals surface area (Å²) in [4.78, 5) is 2.76. The highest BCUT2D eigenvalue weighted by Gasteiger charge is 2.36. The fraction of sp³-hybridized carbons (Fsp3) is 0.538. The number of nitrogens with zero attached hydrogens (tertiary/aromatic N) is 1. The smallest absolute Gasteiger partial charge is 0.181 e. The molecule has 0 amide bonds. The monoisotopic (exact) mass is 266 g/mol. The lowest BCUT2D eigenvalue weighted by Crippen LogP contribution is -2.43. The van der Waals surface area contributed by atoms with Crippen molar-refractivity contribution in [1.29, 1.82) is 0 Å². The molecule has 2 aliphatic rings. The lowest BCUT2D eigenvalue weighted by molar-refractivity contribution is 0.588. The number of piperazine rings is 1. The van der Waals surface area contributed by atoms with E-state index in [2.05, 4.69) is 10.2 Å². The average Bonchev–Trinajstić information content (AvgIpc) is 3.25. The first kappa shape index (κ1) is 12.0. The third kappa shape index (κ3) is 2.24. The SMILES string of the molecule is O=S(=O)(c1ccc(N2CCNCC2)cc1)C1CC1. The van der Waals surface area contributed by atoms with Crippen LogP contribution >= 0.6 is 0 Å². The Morgan fingerprint density at radius 3 is 2.22 bits per heavy atom. The Balaban J connectivity index is 1.80. The standard InChI is InChI=1S/C13H18N2O2S/c16-18(17,13-5-6-13)12-3-1-11(2-4-12)15-9-7-14-8-10-15/h1-4,13-14H,5-10H2. The highest BCUT2D eigenvalue weighted by Crippen LogP contribution is 2.34. The summed E-state index contributed by atoms with van der Waals surface area (Å²) >= 11 is 0. The van der Waals surface area contributed by atoms with Gasteiger partial charge in [0.15, 0.2) is 9.84 Å². The number of sulfone groups is 1. The van der Waals surface area contributed by atoms with E-state index in [1.54, 1.807) is 12.1 Å². The molecule has 1 aromatic rings. The van der Waals surface area contributed by atoms with E-state index in [-0.39, 0.29) is 5.25 Å². The normalized spacial score (nSPS) is 21.0. The van der Waals surface area contributed by atoms with Crippen LogP contribution in [0.4, 0.5) is 5.69 Å². The van der Waals surface area contributed by atoms with Crippen molar-refractivity contribution in [3.8, 4) is 0 Å². The van der Waals surface area contributed by atoms with Crippen molar-refractivity contribution in [1.82, 2.24) is 5.32 Å². The molecule has 0 unspecified atom stereocenters. The molecule has 0 spiro atoms. The second-order valence-electron chi connectivity index (χ2n) is 4.98. The highest BCUT2D eigenvalue weighted by atomic mass is 32.2. The van der Waals surface area contributed by atoms with Crippen molar-refractivity contribution in [2.24, 2.45) is 0 Å². The van der Waals surface area contributed by atoms with E-state index < -0.39 is 9.84 Å². The molecule has 1 saturated heterocycles. The van der Waals surface area contributed by atoms with Gasteiger partial charge in [0.05, 0.1) is 10.1 Å². The number of anilines is 1. The Bertz CT molecular complexity index is 514. The molecule has 5 heteroatoms. The number of nitrogens with one attached hydrogen (secondary N) is 1. The van der Waals surface area contributed by atoms with Gasteiger partial charge in [0.1, 0.15) is 0 Å². The van der Waals surface area contributed by atoms with Crippen LogP contribution in [0.15, 0.2) is 29.2 Å². The quantitative estimate of drug-likeness (QED) is 0.888. The molecule has 1 saturated carbocycles. The Morgan fingerprint density at radius 2 is 1.67 bits per heavy atom. The summed E-state index contributed by atoms with van der Waals surface area (Å²) in [7, 11) is -3.04. The summed E-state index contributed by atoms with van der Waals surface area (Å²) in [6.45, 7) is 3.94. The molecule has 18 heavy (non-hydrogen) atoms. The summed E-state index contributed by atoms with van der Waals surface area (Å²) < 4.78 is 24.1. The predicted octanol–water partition coefficient (Wildman–Crippen LogP) is 1.03. The van der Waals surface area contributed by atoms with E-state index in [4.69, 9.17) is 0 Å². The van der Waals surface area contributed by atoms with E-state index in [0.717, 1.165) is 44.7 Å². The molecule has 0 radical (unpaired) electrons. The van der Waals surface area contributed by atoms with Gasteiger partial charge in [-0.2, -0.15) is 0 Å². The van der Waals surface area contributed by atoms with Crippen molar-refractivity contribution in [3.63, 3.8) is 0 Å². The summed E-state index contributed by atoms with van der Waals surface area (Å²) in [5, 5.41) is 3.18. The van der Waals surface area contributed by atoms with Gasteiger partial charge in [-0.1, -0.05) is 0 Å². The molecule has 3 rings (SSSR count). The average molecular weight is 266 g/mol. The summed E-state index contributed by atoms with van der Waals surface area (Å²) in [6.07, 6.45) is 1.64. The molecule has 0 bridgehead atoms. The van der Waals surface area contributed by atoms with Crippen LogP contribution in [0.25, 0.3) is 0 Å². The first-order valence-electron chi connectivity index (χ1n) is 6.47. The number of hydrogen-bond acceptors (Lipinski definition) is 4. The zero-order valence-electron chi connectivity index (χ0n) is 10.3. The largest absolute Gasteiger partial charge is 0.369 e. The van der Waals surface area contributed by atoms with Crippen LogP contribution in [0.2, 0.25) is 0 Å². The van der Waals surface area contributed by atoms with Gasteiger partial charge in [-0.15, -0.1) is 0 Å². The second kappa shape index (κ2) is 4.55. The first-order valence-corrected chi connectivity index (χ1v) is 8.02. The minimum atomic E-state index is -3.04. The molecule has 1 aromatic carbocycles. The third-order valence-electron chi connectivity index (χ3n) is 3.61. The van der Waals surface area contributed by atoms with Crippen LogP contribution in [-0.4, -0.2) is 39.8 Å². The van der Waals surface area contributed by atoms with Gasteiger partial charge in [-0.05, 0) is 37.1 Å². The number of benzene rings is 1. The topological polar surface area (TPSA) is 49.4 Å². The van der Waals surface area contributed by atoms with Crippen LogP contribution in [0, 0.1) is 0 Å². The van der Waals surface area contributed by atoms with Crippen LogP contribution in [0.1, 0.15) is 12.8 Å². The summed E-state index contributed by atoms with van der Waals surface area (Å²) in [5.41, 5.74) is 1.12. The maximum Gasteiger partial charge on any atom is 0.181 e. The van der Waals surface area contributed by atoms with E-state index in [1.807, 2.05) is 12.1 Å². The molecular weight excluding hydrogens is 248 g/mol. The van der Waals surface area contributed by atoms with E-state index in [0.29, 0.717) is 4.90 Å². The highest BCUT2D eigenvalue weighted by molar-refractivity contribution is 7.92. The Hall–Kier alpha value is -1.07. The minimum Gasteiger partial charge on any atom is -0.369 e. The maximum absolute atomic E-state index is 12.1. The van der Waals surface area contributed by atoms with Crippen molar-refractivity contribution in [3.05, 3.63) is 24.3 Å². The summed E-state index contributed by atoms with van der Waals surface area (Å²) in [5.74, 6) is 0. The molecule has 0 aromatic heterocycles. The second-order valence-corrected chi connectivity index (χ2v) is 7.20. The molecule has 2 fully saturated rings. The van der Waals surface area contributed by atoms with Gasteiger partial charge < -0.3 is 10.2 Å². The molecule has 4 nitrogen and oxygen atoms in total. The molecule has 1 N–H and O–H groups in total. The summed E-state index contributed by atoms with van der Waals surface area (Å²) in [6, 6.07) is 7.37. The zero-order chi connectivity index (χ0) is 12.6. The van der Waals surface area contributed by atoms with Crippen molar-refractivity contribution in [2.45, 2.75) is 23.0 Å². The number of hydrogen-bond donors (Lipinski definition) is 1. The van der Waals surface area contributed by atoms with Gasteiger partial charge in [0, 0.05) is 31.9 Å². The Kier molecular flexibility index (Phi) is 3.03. The van der Waals surface area contributed by atoms with Gasteiger partial charge in [-0.3, -0.25) is 0 Å². The van der Waals surface area contributed by atoms with Crippen LogP contribution in [-0.2, 0) is 9.84 Å². The van der Waals surface area contributed by atoms with Crippen molar-refractivity contribution >= 4 is 15.5 Å². The molecule has 0 atom stereocenters. The minimum absolute atomic E-state index is 0.123. The maximum atomic E-state index is 12.1. The van der Waals surface area contributed by atoms with Crippen molar-refractivity contribution in [2.75, 3.05) is 31.1 Å². The van der Waals surface area contributed by atoms with Crippen molar-refractivity contribution < 1.29 is 8.42 Å². The van der Waals surface area contributed by atoms with Gasteiger partial charge in [0.25, 0.3) is 0 Å². The fourth-order valence-electron chi connectivity index (χ4n) is 2.34. The zero-order valence-corrected chi connectivity index (χ0v) is 11.1. The van der Waals surface area contributed by atoms with Crippen LogP contribution in [0.3, 0.4) is 0 Å². The van der Waals surface area contributed by atoms with Crippen LogP contribution < -0.4 is 10.2 Å². The van der Waals surface area contributed by atoms with E-state index in [9.17, 15) is 8.42 Å². The fourth-order valence-corrected chi connectivity index (χ4v) is 4.00. The molecule has 1 heterocycles. The molecule has 1 aliphatic carbocycles. The van der Waals surface area contributed by atoms with E-state index >= 15 is 0 Å². The molecule has 98 valence electrons. The molecule has 1 aliphatic heterocycles. The van der Waals surface area contributed by atoms with Gasteiger partial charge in [-0.25, -0.2) is 8.42 Å². The predicted molar refractivity (Wildman–Crippen MR) is 71.7 cm³/mol.